The number of methoxy groups -OCH3 is 1. The predicted molar refractivity (Wildman–Crippen MR) is 52.1 cm³/mol. The van der Waals surface area contributed by atoms with Gasteiger partial charge >= 0.3 is 0 Å². The van der Waals surface area contributed by atoms with E-state index in [1.165, 1.54) is 13.2 Å². The average Bonchev–Trinajstić information content (AvgIpc) is 2.10. The zero-order chi connectivity index (χ0) is 10.9. The highest BCUT2D eigenvalue weighted by Crippen LogP contribution is 2.34. The second kappa shape index (κ2) is 4.07. The van der Waals surface area contributed by atoms with Crippen LogP contribution in [0.2, 0.25) is 10.0 Å². The number of carbonyl (C=O) groups excluding carboxylic acids is 1. The van der Waals surface area contributed by atoms with E-state index >= 15 is 0 Å². The molecule has 1 rings (SSSR count). The molecule has 76 valence electrons. The average molecular weight is 234 g/mol. The summed E-state index contributed by atoms with van der Waals surface area (Å²) in [5, 5.41) is 11.0. The van der Waals surface area contributed by atoms with E-state index in [9.17, 15) is 9.90 Å². The normalized spacial score (nSPS) is 10.0. The van der Waals surface area contributed by atoms with Crippen molar-refractivity contribution in [1.29, 1.82) is 0 Å². The van der Waals surface area contributed by atoms with Crippen LogP contribution >= 0.6 is 23.2 Å². The van der Waals surface area contributed by atoms with Crippen LogP contribution in [0.25, 0.3) is 0 Å². The van der Waals surface area contributed by atoms with Gasteiger partial charge in [0.05, 0.1) is 23.1 Å². The number of hydrogen-bond acceptors (Lipinski definition) is 3. The molecule has 0 aliphatic heterocycles. The zero-order valence-corrected chi connectivity index (χ0v) is 9.07. The Labute approximate surface area is 91.2 Å². The Morgan fingerprint density at radius 3 is 2.50 bits per heavy atom. The van der Waals surface area contributed by atoms with Crippen LogP contribution < -0.4 is 9.84 Å². The van der Waals surface area contributed by atoms with Gasteiger partial charge in [0, 0.05) is 11.6 Å². The highest BCUT2D eigenvalue weighted by molar-refractivity contribution is 6.37. The first-order chi connectivity index (χ1) is 6.49. The molecule has 0 amide bonds. The van der Waals surface area contributed by atoms with Gasteiger partial charge in [-0.2, -0.15) is 0 Å². The van der Waals surface area contributed by atoms with Crippen LogP contribution in [0, 0.1) is 6.92 Å². The second-order valence-electron chi connectivity index (χ2n) is 2.66. The number of benzene rings is 1. The van der Waals surface area contributed by atoms with Crippen molar-refractivity contribution in [1.82, 2.24) is 0 Å². The summed E-state index contributed by atoms with van der Waals surface area (Å²) in [5.41, 5.74) is 0.244. The molecule has 0 saturated heterocycles. The second-order valence-corrected chi connectivity index (χ2v) is 3.45. The standard InChI is InChI=1S/C9H8Cl2O3/c1-4-7(9(12)13)5(10)3-6(14-2)8(4)11/h3H,1-2H3,(H,12,13)/p-1. The lowest BCUT2D eigenvalue weighted by Gasteiger charge is -2.13. The molecule has 0 heterocycles. The number of hydrogen-bond donors (Lipinski definition) is 0. The number of aromatic carboxylic acids is 1. The Morgan fingerprint density at radius 1 is 1.50 bits per heavy atom. The number of ether oxygens (including phenoxy) is 1. The third kappa shape index (κ3) is 1.79. The molecule has 1 aromatic rings. The molecule has 1 aromatic carbocycles. The fourth-order valence-electron chi connectivity index (χ4n) is 1.12. The minimum atomic E-state index is -1.35. The Bertz CT molecular complexity index is 388. The van der Waals surface area contributed by atoms with Crippen molar-refractivity contribution in [3.05, 3.63) is 27.2 Å². The number of carboxylic acids is 1. The molecule has 0 N–H and O–H groups in total. The van der Waals surface area contributed by atoms with Crippen LogP contribution in [0.4, 0.5) is 0 Å². The monoisotopic (exact) mass is 233 g/mol. The Hall–Kier alpha value is -0.930. The Balaban J connectivity index is 3.49. The molecular formula is C9H7Cl2O3-. The SMILES string of the molecule is COc1cc(Cl)c(C(=O)[O-])c(C)c1Cl. The maximum Gasteiger partial charge on any atom is 0.139 e. The topological polar surface area (TPSA) is 49.4 Å². The van der Waals surface area contributed by atoms with E-state index in [-0.39, 0.29) is 15.6 Å². The fourth-order valence-corrected chi connectivity index (χ4v) is 1.67. The van der Waals surface area contributed by atoms with E-state index in [0.29, 0.717) is 11.3 Å². The minimum absolute atomic E-state index is 0.0590. The molecule has 14 heavy (non-hydrogen) atoms. The number of carboxylic acid groups (broad SMARTS) is 1. The van der Waals surface area contributed by atoms with Crippen molar-refractivity contribution in [2.45, 2.75) is 6.92 Å². The summed E-state index contributed by atoms with van der Waals surface area (Å²) in [5.74, 6) is -1.00. The zero-order valence-electron chi connectivity index (χ0n) is 7.56. The highest BCUT2D eigenvalue weighted by atomic mass is 35.5. The minimum Gasteiger partial charge on any atom is -0.545 e. The van der Waals surface area contributed by atoms with E-state index in [0.717, 1.165) is 0 Å². The molecule has 0 radical (unpaired) electrons. The molecular weight excluding hydrogens is 227 g/mol. The predicted octanol–water partition coefficient (Wildman–Crippen LogP) is 1.67. The number of carbonyl (C=O) groups is 1. The Morgan fingerprint density at radius 2 is 2.07 bits per heavy atom. The van der Waals surface area contributed by atoms with Crippen molar-refractivity contribution in [2.75, 3.05) is 7.11 Å². The summed E-state index contributed by atoms with van der Waals surface area (Å²) < 4.78 is 4.91. The summed E-state index contributed by atoms with van der Waals surface area (Å²) in [6, 6.07) is 1.35. The number of halogens is 2. The van der Waals surface area contributed by atoms with E-state index in [1.54, 1.807) is 6.92 Å². The van der Waals surface area contributed by atoms with Gasteiger partial charge in [0.1, 0.15) is 5.75 Å². The van der Waals surface area contributed by atoms with Crippen molar-refractivity contribution < 1.29 is 14.6 Å². The largest absolute Gasteiger partial charge is 0.545 e. The lowest BCUT2D eigenvalue weighted by Crippen LogP contribution is -2.24. The van der Waals surface area contributed by atoms with E-state index in [2.05, 4.69) is 0 Å². The van der Waals surface area contributed by atoms with Gasteiger partial charge in [0.2, 0.25) is 0 Å². The Kier molecular flexibility index (Phi) is 3.24. The van der Waals surface area contributed by atoms with Crippen molar-refractivity contribution in [3.63, 3.8) is 0 Å². The first-order valence-electron chi connectivity index (χ1n) is 3.73. The number of rotatable bonds is 2. The van der Waals surface area contributed by atoms with Crippen LogP contribution in [0.1, 0.15) is 15.9 Å². The van der Waals surface area contributed by atoms with Gasteiger partial charge in [-0.25, -0.2) is 0 Å². The van der Waals surface area contributed by atoms with E-state index in [4.69, 9.17) is 27.9 Å². The molecule has 0 aromatic heterocycles. The van der Waals surface area contributed by atoms with Crippen molar-refractivity contribution >= 4 is 29.2 Å². The summed E-state index contributed by atoms with van der Waals surface area (Å²) in [6.07, 6.45) is 0. The van der Waals surface area contributed by atoms with Crippen LogP contribution in [0.5, 0.6) is 5.75 Å². The molecule has 0 fully saturated rings. The molecule has 0 atom stereocenters. The molecule has 0 bridgehead atoms. The van der Waals surface area contributed by atoms with Gasteiger partial charge in [-0.3, -0.25) is 0 Å². The van der Waals surface area contributed by atoms with Gasteiger partial charge in [-0.15, -0.1) is 0 Å². The van der Waals surface area contributed by atoms with E-state index in [1.807, 2.05) is 0 Å². The van der Waals surface area contributed by atoms with Gasteiger partial charge < -0.3 is 14.6 Å². The van der Waals surface area contributed by atoms with Crippen LogP contribution in [-0.4, -0.2) is 13.1 Å². The third-order valence-corrected chi connectivity index (χ3v) is 2.61. The molecule has 5 heteroatoms. The molecule has 0 unspecified atom stereocenters. The smallest absolute Gasteiger partial charge is 0.139 e. The molecule has 0 saturated carbocycles. The lowest BCUT2D eigenvalue weighted by molar-refractivity contribution is -0.255. The summed E-state index contributed by atoms with van der Waals surface area (Å²) >= 11 is 11.6. The molecule has 0 aliphatic rings. The fraction of sp³-hybridized carbons (Fsp3) is 0.222. The summed E-state index contributed by atoms with van der Waals surface area (Å²) in [4.78, 5) is 10.7. The van der Waals surface area contributed by atoms with Crippen LogP contribution in [-0.2, 0) is 0 Å². The van der Waals surface area contributed by atoms with Gasteiger partial charge in [-0.05, 0) is 12.5 Å². The first-order valence-corrected chi connectivity index (χ1v) is 4.48. The maximum absolute atomic E-state index is 10.7. The first kappa shape index (κ1) is 11.1. The molecule has 3 nitrogen and oxygen atoms in total. The molecule has 0 spiro atoms. The van der Waals surface area contributed by atoms with E-state index < -0.39 is 5.97 Å². The summed E-state index contributed by atoms with van der Waals surface area (Å²) in [7, 11) is 1.43. The van der Waals surface area contributed by atoms with Crippen molar-refractivity contribution in [2.24, 2.45) is 0 Å². The third-order valence-electron chi connectivity index (χ3n) is 1.84. The highest BCUT2D eigenvalue weighted by Gasteiger charge is 2.13. The molecule has 0 aliphatic carbocycles. The van der Waals surface area contributed by atoms with Crippen molar-refractivity contribution in [3.8, 4) is 5.75 Å². The van der Waals surface area contributed by atoms with Gasteiger partial charge in [-0.1, -0.05) is 23.2 Å². The van der Waals surface area contributed by atoms with Gasteiger partial charge in [0.25, 0.3) is 0 Å². The quantitative estimate of drug-likeness (QED) is 0.781. The summed E-state index contributed by atoms with van der Waals surface area (Å²) in [6.45, 7) is 1.54. The van der Waals surface area contributed by atoms with Crippen LogP contribution in [0.3, 0.4) is 0 Å². The lowest BCUT2D eigenvalue weighted by atomic mass is 10.1. The van der Waals surface area contributed by atoms with Gasteiger partial charge in [0.15, 0.2) is 0 Å². The van der Waals surface area contributed by atoms with Crippen LogP contribution in [0.15, 0.2) is 6.07 Å². The maximum atomic E-state index is 10.7.